The highest BCUT2D eigenvalue weighted by atomic mass is 79.9. The number of hydrogen-bond donors (Lipinski definition) is 0. The third-order valence-electron chi connectivity index (χ3n) is 3.60. The summed E-state index contributed by atoms with van der Waals surface area (Å²) in [5.74, 6) is 0. The molecule has 94 valence electrons. The molecule has 0 N–H and O–H groups in total. The van der Waals surface area contributed by atoms with Gasteiger partial charge in [-0.3, -0.25) is 4.90 Å². The molecule has 1 unspecified atom stereocenters. The Morgan fingerprint density at radius 2 is 2.18 bits per heavy atom. The van der Waals surface area contributed by atoms with Gasteiger partial charge in [0.15, 0.2) is 0 Å². The van der Waals surface area contributed by atoms with Gasteiger partial charge in [-0.2, -0.15) is 0 Å². The molecule has 2 saturated heterocycles. The summed E-state index contributed by atoms with van der Waals surface area (Å²) in [6.45, 7) is 5.38. The van der Waals surface area contributed by atoms with Crippen LogP contribution in [0.2, 0.25) is 0 Å². The third-order valence-corrected chi connectivity index (χ3v) is 5.28. The minimum Gasteiger partial charge on any atom is -0.379 e. The first-order valence-electron chi connectivity index (χ1n) is 5.92. The van der Waals surface area contributed by atoms with Gasteiger partial charge in [-0.25, -0.2) is 0 Å². The molecule has 0 aliphatic carbocycles. The standard InChI is InChI=1S/C12H16BrNO2S/c13-10-5-11(17-7-10)6-14-2-4-16-9-12(14)1-3-15-8-12/h5,7H,1-4,6,8-9H2. The highest BCUT2D eigenvalue weighted by Crippen LogP contribution is 2.32. The number of nitrogens with zero attached hydrogens (tertiary/aromatic N) is 1. The van der Waals surface area contributed by atoms with Crippen molar-refractivity contribution in [2.24, 2.45) is 0 Å². The van der Waals surface area contributed by atoms with Crippen LogP contribution in [0, 0.1) is 0 Å². The van der Waals surface area contributed by atoms with Gasteiger partial charge in [-0.15, -0.1) is 11.3 Å². The van der Waals surface area contributed by atoms with E-state index >= 15 is 0 Å². The van der Waals surface area contributed by atoms with E-state index in [9.17, 15) is 0 Å². The number of halogens is 1. The van der Waals surface area contributed by atoms with E-state index in [-0.39, 0.29) is 5.54 Å². The molecule has 2 aliphatic rings. The van der Waals surface area contributed by atoms with Crippen molar-refractivity contribution >= 4 is 27.3 Å². The lowest BCUT2D eigenvalue weighted by atomic mass is 9.96. The van der Waals surface area contributed by atoms with E-state index < -0.39 is 0 Å². The summed E-state index contributed by atoms with van der Waals surface area (Å²) >= 11 is 5.33. The minimum absolute atomic E-state index is 0.134. The molecule has 3 rings (SSSR count). The zero-order chi connectivity index (χ0) is 11.7. The SMILES string of the molecule is Brc1csc(CN2CCOCC23CCOC3)c1. The number of morpholine rings is 1. The first kappa shape index (κ1) is 12.1. The van der Waals surface area contributed by atoms with Crippen molar-refractivity contribution in [3.63, 3.8) is 0 Å². The molecule has 0 radical (unpaired) electrons. The minimum atomic E-state index is 0.134. The zero-order valence-electron chi connectivity index (χ0n) is 9.65. The number of thiophene rings is 1. The second kappa shape index (κ2) is 4.97. The zero-order valence-corrected chi connectivity index (χ0v) is 12.1. The van der Waals surface area contributed by atoms with Crippen LogP contribution in [-0.2, 0) is 16.0 Å². The Kier molecular flexibility index (Phi) is 3.54. The summed E-state index contributed by atoms with van der Waals surface area (Å²) in [6, 6.07) is 2.21. The molecule has 0 amide bonds. The van der Waals surface area contributed by atoms with Gasteiger partial charge in [0, 0.05) is 34.4 Å². The summed E-state index contributed by atoms with van der Waals surface area (Å²) < 4.78 is 12.4. The molecule has 17 heavy (non-hydrogen) atoms. The van der Waals surface area contributed by atoms with Crippen LogP contribution in [0.4, 0.5) is 0 Å². The van der Waals surface area contributed by atoms with Gasteiger partial charge in [-0.05, 0) is 28.4 Å². The number of rotatable bonds is 2. The van der Waals surface area contributed by atoms with Gasteiger partial charge in [0.1, 0.15) is 0 Å². The summed E-state index contributed by atoms with van der Waals surface area (Å²) in [4.78, 5) is 3.95. The Morgan fingerprint density at radius 1 is 1.35 bits per heavy atom. The predicted octanol–water partition coefficient (Wildman–Crippen LogP) is 2.50. The molecular weight excluding hydrogens is 302 g/mol. The largest absolute Gasteiger partial charge is 0.379 e. The van der Waals surface area contributed by atoms with Gasteiger partial charge in [0.05, 0.1) is 25.4 Å². The van der Waals surface area contributed by atoms with Crippen molar-refractivity contribution in [3.8, 4) is 0 Å². The summed E-state index contributed by atoms with van der Waals surface area (Å²) in [5.41, 5.74) is 0.134. The van der Waals surface area contributed by atoms with Crippen molar-refractivity contribution in [1.29, 1.82) is 0 Å². The molecule has 0 saturated carbocycles. The quantitative estimate of drug-likeness (QED) is 0.836. The number of hydrogen-bond acceptors (Lipinski definition) is 4. The van der Waals surface area contributed by atoms with Crippen LogP contribution in [0.1, 0.15) is 11.3 Å². The lowest BCUT2D eigenvalue weighted by molar-refractivity contribution is -0.0745. The molecule has 1 spiro atoms. The fourth-order valence-electron chi connectivity index (χ4n) is 2.60. The van der Waals surface area contributed by atoms with Gasteiger partial charge < -0.3 is 9.47 Å². The Morgan fingerprint density at radius 3 is 2.88 bits per heavy atom. The number of ether oxygens (including phenoxy) is 2. The van der Waals surface area contributed by atoms with E-state index in [1.807, 2.05) is 11.3 Å². The molecule has 2 aliphatic heterocycles. The Balaban J connectivity index is 1.75. The Labute approximate surface area is 114 Å². The molecular formula is C12H16BrNO2S. The van der Waals surface area contributed by atoms with Gasteiger partial charge in [0.2, 0.25) is 0 Å². The molecule has 3 heterocycles. The summed E-state index contributed by atoms with van der Waals surface area (Å²) in [6.07, 6.45) is 1.10. The topological polar surface area (TPSA) is 21.7 Å². The molecule has 0 bridgehead atoms. The normalized spacial score (nSPS) is 30.2. The van der Waals surface area contributed by atoms with Crippen LogP contribution >= 0.6 is 27.3 Å². The van der Waals surface area contributed by atoms with E-state index in [0.29, 0.717) is 0 Å². The average Bonchev–Trinajstić information content (AvgIpc) is 2.93. The first-order chi connectivity index (χ1) is 8.28. The molecule has 5 heteroatoms. The van der Waals surface area contributed by atoms with Crippen molar-refractivity contribution < 1.29 is 9.47 Å². The van der Waals surface area contributed by atoms with E-state index in [2.05, 4.69) is 32.3 Å². The Hall–Kier alpha value is 0.0600. The highest BCUT2D eigenvalue weighted by molar-refractivity contribution is 9.10. The molecule has 2 fully saturated rings. The Bertz CT molecular complexity index is 390. The summed E-state index contributed by atoms with van der Waals surface area (Å²) in [5, 5.41) is 2.15. The van der Waals surface area contributed by atoms with E-state index in [1.54, 1.807) is 0 Å². The van der Waals surface area contributed by atoms with E-state index in [0.717, 1.165) is 45.9 Å². The second-order valence-electron chi connectivity index (χ2n) is 4.73. The van der Waals surface area contributed by atoms with Crippen LogP contribution in [0.3, 0.4) is 0 Å². The second-order valence-corrected chi connectivity index (χ2v) is 6.64. The molecule has 3 nitrogen and oxygen atoms in total. The highest BCUT2D eigenvalue weighted by Gasteiger charge is 2.43. The molecule has 1 aromatic rings. The van der Waals surface area contributed by atoms with Crippen LogP contribution in [-0.4, -0.2) is 43.4 Å². The fraction of sp³-hybridized carbons (Fsp3) is 0.667. The maximum atomic E-state index is 5.65. The predicted molar refractivity (Wildman–Crippen MR) is 71.4 cm³/mol. The van der Waals surface area contributed by atoms with Gasteiger partial charge in [-0.1, -0.05) is 0 Å². The van der Waals surface area contributed by atoms with Crippen molar-refractivity contribution in [2.75, 3.05) is 33.0 Å². The van der Waals surface area contributed by atoms with E-state index in [1.165, 1.54) is 9.35 Å². The van der Waals surface area contributed by atoms with Crippen LogP contribution in [0.25, 0.3) is 0 Å². The molecule has 1 atom stereocenters. The molecule has 1 aromatic heterocycles. The average molecular weight is 318 g/mol. The van der Waals surface area contributed by atoms with Gasteiger partial charge in [0.25, 0.3) is 0 Å². The van der Waals surface area contributed by atoms with Crippen LogP contribution in [0.15, 0.2) is 15.9 Å². The maximum Gasteiger partial charge on any atom is 0.0704 e. The smallest absolute Gasteiger partial charge is 0.0704 e. The van der Waals surface area contributed by atoms with E-state index in [4.69, 9.17) is 9.47 Å². The van der Waals surface area contributed by atoms with Crippen molar-refractivity contribution in [3.05, 3.63) is 20.8 Å². The summed E-state index contributed by atoms with van der Waals surface area (Å²) in [7, 11) is 0. The maximum absolute atomic E-state index is 5.65. The fourth-order valence-corrected chi connectivity index (χ4v) is 4.06. The van der Waals surface area contributed by atoms with Gasteiger partial charge >= 0.3 is 0 Å². The lowest BCUT2D eigenvalue weighted by Gasteiger charge is -2.43. The van der Waals surface area contributed by atoms with Crippen molar-refractivity contribution in [2.45, 2.75) is 18.5 Å². The van der Waals surface area contributed by atoms with Crippen LogP contribution in [0.5, 0.6) is 0 Å². The monoisotopic (exact) mass is 317 g/mol. The first-order valence-corrected chi connectivity index (χ1v) is 7.59. The molecule has 0 aromatic carbocycles. The van der Waals surface area contributed by atoms with Crippen LogP contribution < -0.4 is 0 Å². The van der Waals surface area contributed by atoms with Crippen molar-refractivity contribution in [1.82, 2.24) is 4.90 Å². The lowest BCUT2D eigenvalue weighted by Crippen LogP contribution is -2.56. The third kappa shape index (κ3) is 2.44.